The summed E-state index contributed by atoms with van der Waals surface area (Å²) < 4.78 is 1.83. The second kappa shape index (κ2) is 7.24. The molecule has 1 aliphatic rings. The van der Waals surface area contributed by atoms with Gasteiger partial charge < -0.3 is 5.32 Å². The molecule has 0 bridgehead atoms. The maximum absolute atomic E-state index is 9.22. The molecule has 1 unspecified atom stereocenters. The molecule has 0 fully saturated rings. The number of anilines is 1. The van der Waals surface area contributed by atoms with Crippen LogP contribution in [0.25, 0.3) is 33.1 Å². The maximum Gasteiger partial charge on any atom is 0.1000 e. The van der Waals surface area contributed by atoms with Crippen molar-refractivity contribution in [3.8, 4) is 17.3 Å². The summed E-state index contributed by atoms with van der Waals surface area (Å²) in [6.45, 7) is 0. The van der Waals surface area contributed by atoms with E-state index in [9.17, 15) is 5.26 Å². The van der Waals surface area contributed by atoms with E-state index in [0.29, 0.717) is 0 Å². The van der Waals surface area contributed by atoms with Gasteiger partial charge in [0.25, 0.3) is 0 Å². The van der Waals surface area contributed by atoms with Gasteiger partial charge in [0, 0.05) is 35.3 Å². The first-order valence-electron chi connectivity index (χ1n) is 10.9. The third kappa shape index (κ3) is 3.10. The van der Waals surface area contributed by atoms with Crippen molar-refractivity contribution in [2.45, 2.75) is 25.3 Å². The van der Waals surface area contributed by atoms with Crippen molar-refractivity contribution in [2.24, 2.45) is 7.05 Å². The largest absolute Gasteiger partial charge is 0.378 e. The van der Waals surface area contributed by atoms with Gasteiger partial charge in [0.2, 0.25) is 0 Å². The molecule has 2 heterocycles. The van der Waals surface area contributed by atoms with Gasteiger partial charge in [-0.1, -0.05) is 12.1 Å². The van der Waals surface area contributed by atoms with Crippen LogP contribution in [0.15, 0.2) is 60.8 Å². The van der Waals surface area contributed by atoms with Crippen LogP contribution in [-0.2, 0) is 13.5 Å². The second-order valence-electron chi connectivity index (χ2n) is 8.52. The molecule has 0 spiro atoms. The highest BCUT2D eigenvalue weighted by Crippen LogP contribution is 2.35. The lowest BCUT2D eigenvalue weighted by atomic mass is 9.86. The number of nitrogens with zero attached hydrogens (tertiary/aromatic N) is 4. The molecule has 5 aromatic rings. The highest BCUT2D eigenvalue weighted by Gasteiger charge is 2.21. The first-order chi connectivity index (χ1) is 15.7. The fourth-order valence-corrected chi connectivity index (χ4v) is 4.86. The van der Waals surface area contributed by atoms with E-state index >= 15 is 0 Å². The number of fused-ring (bicyclic) bond motifs is 3. The number of aryl methyl sites for hydroxylation is 2. The van der Waals surface area contributed by atoms with Crippen molar-refractivity contribution in [3.05, 3.63) is 77.5 Å². The Kier molecular flexibility index (Phi) is 4.22. The van der Waals surface area contributed by atoms with Crippen LogP contribution in [0.4, 0.5) is 5.69 Å². The van der Waals surface area contributed by atoms with E-state index in [2.05, 4.69) is 63.1 Å². The summed E-state index contributed by atoms with van der Waals surface area (Å²) in [5, 5.41) is 27.4. The zero-order valence-electron chi connectivity index (χ0n) is 17.8. The van der Waals surface area contributed by atoms with E-state index in [4.69, 9.17) is 0 Å². The van der Waals surface area contributed by atoms with Crippen molar-refractivity contribution in [3.63, 3.8) is 0 Å². The van der Waals surface area contributed by atoms with Crippen LogP contribution in [0, 0.1) is 11.3 Å². The number of aromatic amines is 1. The average Bonchev–Trinajstić information content (AvgIpc) is 3.40. The number of nitrogens with one attached hydrogen (secondary N) is 2. The van der Waals surface area contributed by atoms with E-state index < -0.39 is 0 Å². The zero-order chi connectivity index (χ0) is 21.7. The van der Waals surface area contributed by atoms with Crippen molar-refractivity contribution < 1.29 is 0 Å². The molecule has 3 aromatic carbocycles. The van der Waals surface area contributed by atoms with E-state index in [1.165, 1.54) is 11.1 Å². The highest BCUT2D eigenvalue weighted by molar-refractivity contribution is 5.97. The van der Waals surface area contributed by atoms with Crippen LogP contribution in [-0.4, -0.2) is 20.0 Å². The molecule has 6 heteroatoms. The molecule has 2 aromatic heterocycles. The number of hydrogen-bond donors (Lipinski definition) is 2. The summed E-state index contributed by atoms with van der Waals surface area (Å²) >= 11 is 0. The lowest BCUT2D eigenvalue weighted by molar-refractivity contribution is 0.600. The van der Waals surface area contributed by atoms with E-state index in [-0.39, 0.29) is 6.04 Å². The van der Waals surface area contributed by atoms with Crippen molar-refractivity contribution in [2.75, 3.05) is 5.32 Å². The minimum Gasteiger partial charge on any atom is -0.378 e. The number of aromatic nitrogens is 4. The normalized spacial score (nSPS) is 15.6. The summed E-state index contributed by atoms with van der Waals surface area (Å²) in [5.74, 6) is 0. The summed E-state index contributed by atoms with van der Waals surface area (Å²) in [7, 11) is 1.94. The predicted octanol–water partition coefficient (Wildman–Crippen LogP) is 5.48. The molecule has 2 N–H and O–H groups in total. The second-order valence-corrected chi connectivity index (χ2v) is 8.52. The Balaban J connectivity index is 1.36. The lowest BCUT2D eigenvalue weighted by Gasteiger charge is -2.27. The third-order valence-electron chi connectivity index (χ3n) is 6.38. The van der Waals surface area contributed by atoms with Gasteiger partial charge >= 0.3 is 0 Å². The number of nitriles is 1. The van der Waals surface area contributed by atoms with Crippen LogP contribution in [0.1, 0.15) is 35.6 Å². The molecule has 6 rings (SSSR count). The molecule has 32 heavy (non-hydrogen) atoms. The smallest absolute Gasteiger partial charge is 0.1000 e. The average molecular weight is 419 g/mol. The molecule has 156 valence electrons. The maximum atomic E-state index is 9.22. The first-order valence-corrected chi connectivity index (χ1v) is 10.9. The first kappa shape index (κ1) is 18.6. The van der Waals surface area contributed by atoms with Gasteiger partial charge in [-0.05, 0) is 72.9 Å². The Morgan fingerprint density at radius 1 is 1.12 bits per heavy atom. The van der Waals surface area contributed by atoms with Crippen LogP contribution >= 0.6 is 0 Å². The van der Waals surface area contributed by atoms with E-state index in [0.717, 1.165) is 63.6 Å². The molecule has 0 amide bonds. The van der Waals surface area contributed by atoms with Crippen LogP contribution in [0.3, 0.4) is 0 Å². The minimum atomic E-state index is 0.242. The molecule has 0 radical (unpaired) electrons. The molecule has 6 nitrogen and oxygen atoms in total. The Hall–Kier alpha value is -4.11. The number of H-pyrrole nitrogens is 1. The van der Waals surface area contributed by atoms with Crippen molar-refractivity contribution >= 4 is 27.5 Å². The summed E-state index contributed by atoms with van der Waals surface area (Å²) in [4.78, 5) is 0. The lowest BCUT2D eigenvalue weighted by Crippen LogP contribution is -2.17. The van der Waals surface area contributed by atoms with Gasteiger partial charge in [-0.25, -0.2) is 0 Å². The SMILES string of the molecule is Cn1cc2cc(-c3n[nH]c4ccc(NC5CCCc6cc(C#N)ccc65)cc34)ccc2n1. The fraction of sp³-hybridized carbons (Fsp3) is 0.192. The molecular weight excluding hydrogens is 396 g/mol. The van der Waals surface area contributed by atoms with Crippen molar-refractivity contribution in [1.29, 1.82) is 5.26 Å². The number of rotatable bonds is 3. The summed E-state index contributed by atoms with van der Waals surface area (Å²) in [6.07, 6.45) is 5.25. The molecule has 0 aliphatic heterocycles. The molecular formula is C26H22N6. The monoisotopic (exact) mass is 418 g/mol. The minimum absolute atomic E-state index is 0.242. The van der Waals surface area contributed by atoms with Crippen LogP contribution in [0.5, 0.6) is 0 Å². The fourth-order valence-electron chi connectivity index (χ4n) is 4.86. The van der Waals surface area contributed by atoms with Gasteiger partial charge in [0.05, 0.1) is 34.4 Å². The number of hydrogen-bond acceptors (Lipinski definition) is 4. The number of benzene rings is 3. The predicted molar refractivity (Wildman–Crippen MR) is 126 cm³/mol. The van der Waals surface area contributed by atoms with Crippen LogP contribution < -0.4 is 5.32 Å². The molecule has 1 atom stereocenters. The van der Waals surface area contributed by atoms with Gasteiger partial charge in [-0.2, -0.15) is 15.5 Å². The van der Waals surface area contributed by atoms with Gasteiger partial charge in [0.15, 0.2) is 0 Å². The van der Waals surface area contributed by atoms with Gasteiger partial charge in [-0.15, -0.1) is 0 Å². The van der Waals surface area contributed by atoms with Crippen molar-refractivity contribution in [1.82, 2.24) is 20.0 Å². The molecule has 0 saturated carbocycles. The Morgan fingerprint density at radius 2 is 2.06 bits per heavy atom. The highest BCUT2D eigenvalue weighted by atomic mass is 15.2. The van der Waals surface area contributed by atoms with Crippen LogP contribution in [0.2, 0.25) is 0 Å². The zero-order valence-corrected chi connectivity index (χ0v) is 17.8. The summed E-state index contributed by atoms with van der Waals surface area (Å²) in [5.41, 5.74) is 8.39. The standard InChI is InChI=1S/C26H22N6/c1-32-15-19-12-18(6-9-23(19)31-32)26-22-13-20(7-10-25(22)29-30-26)28-24-4-2-3-17-11-16(14-27)5-8-21(17)24/h5-13,15,24,28H,2-4H2,1H3,(H,29,30). The van der Waals surface area contributed by atoms with E-state index in [1.807, 2.05) is 36.1 Å². The quantitative estimate of drug-likeness (QED) is 0.407. The molecule has 0 saturated heterocycles. The van der Waals surface area contributed by atoms with Gasteiger partial charge in [0.1, 0.15) is 0 Å². The Bertz CT molecular complexity index is 1520. The molecule has 1 aliphatic carbocycles. The Morgan fingerprint density at radius 3 is 2.97 bits per heavy atom. The summed E-state index contributed by atoms with van der Waals surface area (Å²) in [6, 6.07) is 21.2. The topological polar surface area (TPSA) is 82.3 Å². The van der Waals surface area contributed by atoms with E-state index in [1.54, 1.807) is 0 Å². The third-order valence-corrected chi connectivity index (χ3v) is 6.38. The Labute approximate surface area is 185 Å². The van der Waals surface area contributed by atoms with Gasteiger partial charge in [-0.3, -0.25) is 9.78 Å².